The summed E-state index contributed by atoms with van der Waals surface area (Å²) < 4.78 is 2.21. The van der Waals surface area contributed by atoms with Crippen molar-refractivity contribution in [3.63, 3.8) is 0 Å². The largest absolute Gasteiger partial charge is 0.319 e. The second kappa shape index (κ2) is 5.17. The van der Waals surface area contributed by atoms with E-state index in [0.717, 1.165) is 5.92 Å². The molecule has 3 unspecified atom stereocenters. The van der Waals surface area contributed by atoms with Crippen molar-refractivity contribution in [1.29, 1.82) is 0 Å². The van der Waals surface area contributed by atoms with Crippen LogP contribution in [-0.2, 0) is 0 Å². The second-order valence-electron chi connectivity index (χ2n) is 3.58. The Hall–Kier alpha value is 0.467. The molecule has 0 aromatic rings. The number of rotatable bonds is 4. The Morgan fingerprint density at radius 2 is 1.82 bits per heavy atom. The molecule has 0 N–H and O–H groups in total. The van der Waals surface area contributed by atoms with E-state index in [9.17, 15) is 0 Å². The minimum atomic E-state index is -1.14. The predicted molar refractivity (Wildman–Crippen MR) is 55.6 cm³/mol. The van der Waals surface area contributed by atoms with E-state index in [-0.39, 0.29) is 0 Å². The van der Waals surface area contributed by atoms with E-state index in [1.54, 1.807) is 0 Å². The van der Waals surface area contributed by atoms with Crippen molar-refractivity contribution in [2.45, 2.75) is 32.7 Å². The van der Waals surface area contributed by atoms with Gasteiger partial charge in [0.25, 0.3) is 0 Å². The Morgan fingerprint density at radius 1 is 1.36 bits per heavy atom. The lowest BCUT2D eigenvalue weighted by molar-refractivity contribution is 0.509. The van der Waals surface area contributed by atoms with Crippen LogP contribution in [0.5, 0.6) is 0 Å². The number of halogens is 1. The smallest absolute Gasteiger partial charge is 0.216 e. The summed E-state index contributed by atoms with van der Waals surface area (Å²) in [6, 6.07) is 0. The third-order valence-corrected chi connectivity index (χ3v) is 7.34. The molecule has 0 bridgehead atoms. The summed E-state index contributed by atoms with van der Waals surface area (Å²) in [5.41, 5.74) is 0.705. The molecule has 1 nitrogen and oxygen atoms in total. The van der Waals surface area contributed by atoms with E-state index in [2.05, 4.69) is 39.4 Å². The fraction of sp³-hybridized carbons (Fsp3) is 1.00. The summed E-state index contributed by atoms with van der Waals surface area (Å²) in [5.74, 6) is 0.770. The molecule has 3 atom stereocenters. The van der Waals surface area contributed by atoms with Crippen LogP contribution in [0.15, 0.2) is 0 Å². The van der Waals surface area contributed by atoms with Crippen LogP contribution in [0.3, 0.4) is 0 Å². The molecule has 68 valence electrons. The van der Waals surface area contributed by atoms with Crippen molar-refractivity contribution in [2.75, 3.05) is 14.1 Å². The fourth-order valence-corrected chi connectivity index (χ4v) is 3.61. The van der Waals surface area contributed by atoms with E-state index in [0.29, 0.717) is 5.54 Å². The van der Waals surface area contributed by atoms with Crippen LogP contribution in [0.2, 0.25) is 5.54 Å². The number of hydrogen-bond donors (Lipinski definition) is 0. The molecule has 0 aliphatic heterocycles. The first-order valence-corrected chi connectivity index (χ1v) is 7.24. The van der Waals surface area contributed by atoms with Gasteiger partial charge in [-0.15, -0.1) is 11.1 Å². The topological polar surface area (TPSA) is 3.24 Å². The Bertz CT molecular complexity index is 108. The SMILES string of the molecule is CCC(C)C(C)[SiH](Cl)N(C)C. The van der Waals surface area contributed by atoms with Crippen LogP contribution < -0.4 is 0 Å². The lowest BCUT2D eigenvalue weighted by Crippen LogP contribution is -2.33. The molecule has 0 saturated heterocycles. The Balaban J connectivity index is 3.90. The van der Waals surface area contributed by atoms with E-state index in [1.165, 1.54) is 6.42 Å². The average Bonchev–Trinajstić information content (AvgIpc) is 2.00. The Labute approximate surface area is 77.1 Å². The molecule has 0 heterocycles. The van der Waals surface area contributed by atoms with E-state index < -0.39 is 8.27 Å². The maximum absolute atomic E-state index is 6.30. The van der Waals surface area contributed by atoms with Crippen LogP contribution in [0.1, 0.15) is 27.2 Å². The molecular formula is C8H20ClNSi. The summed E-state index contributed by atoms with van der Waals surface area (Å²) in [4.78, 5) is 0. The molecular weight excluding hydrogens is 174 g/mol. The second-order valence-corrected chi connectivity index (χ2v) is 7.75. The standard InChI is InChI=1S/C8H20ClNSi/c1-6-7(2)8(3)11(9)10(4)5/h7-8,11H,6H2,1-5H3. The zero-order valence-electron chi connectivity index (χ0n) is 8.26. The minimum Gasteiger partial charge on any atom is -0.319 e. The molecule has 0 aromatic heterocycles. The van der Waals surface area contributed by atoms with Gasteiger partial charge in [0, 0.05) is 0 Å². The van der Waals surface area contributed by atoms with Gasteiger partial charge in [-0.25, -0.2) is 0 Å². The van der Waals surface area contributed by atoms with Crippen LogP contribution in [0.25, 0.3) is 0 Å². The first-order valence-electron chi connectivity index (χ1n) is 4.31. The van der Waals surface area contributed by atoms with Crippen molar-refractivity contribution < 1.29 is 0 Å². The molecule has 0 spiro atoms. The highest BCUT2D eigenvalue weighted by molar-refractivity contribution is 7.05. The van der Waals surface area contributed by atoms with Crippen molar-refractivity contribution in [1.82, 2.24) is 4.57 Å². The highest BCUT2D eigenvalue weighted by Crippen LogP contribution is 2.26. The maximum atomic E-state index is 6.30. The van der Waals surface area contributed by atoms with Crippen LogP contribution in [-0.4, -0.2) is 26.9 Å². The van der Waals surface area contributed by atoms with E-state index in [1.807, 2.05) is 0 Å². The van der Waals surface area contributed by atoms with Crippen LogP contribution >= 0.6 is 11.1 Å². The summed E-state index contributed by atoms with van der Waals surface area (Å²) in [6.45, 7) is 6.80. The zero-order chi connectivity index (χ0) is 9.02. The average molecular weight is 194 g/mol. The Kier molecular flexibility index (Phi) is 5.39. The molecule has 0 amide bonds. The van der Waals surface area contributed by atoms with Crippen molar-refractivity contribution in [3.05, 3.63) is 0 Å². The van der Waals surface area contributed by atoms with Gasteiger partial charge >= 0.3 is 0 Å². The summed E-state index contributed by atoms with van der Waals surface area (Å²) >= 11 is 6.30. The summed E-state index contributed by atoms with van der Waals surface area (Å²) in [7, 11) is 3.03. The van der Waals surface area contributed by atoms with Crippen molar-refractivity contribution in [3.8, 4) is 0 Å². The third-order valence-electron chi connectivity index (χ3n) is 2.47. The first-order chi connectivity index (χ1) is 5.00. The van der Waals surface area contributed by atoms with Gasteiger partial charge in [-0.1, -0.05) is 27.2 Å². The van der Waals surface area contributed by atoms with Crippen molar-refractivity contribution in [2.24, 2.45) is 5.92 Å². The molecule has 0 aromatic carbocycles. The van der Waals surface area contributed by atoms with Crippen molar-refractivity contribution >= 4 is 19.3 Å². The summed E-state index contributed by atoms with van der Waals surface area (Å²) in [5, 5.41) is 0. The molecule has 0 aliphatic carbocycles. The molecule has 0 radical (unpaired) electrons. The molecule has 3 heteroatoms. The first kappa shape index (κ1) is 11.5. The van der Waals surface area contributed by atoms with Gasteiger partial charge < -0.3 is 4.57 Å². The summed E-state index contributed by atoms with van der Waals surface area (Å²) in [6.07, 6.45) is 1.24. The predicted octanol–water partition coefficient (Wildman–Crippen LogP) is 2.44. The van der Waals surface area contributed by atoms with Gasteiger partial charge in [0.15, 0.2) is 0 Å². The normalized spacial score (nSPS) is 19.9. The highest BCUT2D eigenvalue weighted by Gasteiger charge is 2.23. The lowest BCUT2D eigenvalue weighted by Gasteiger charge is -2.26. The Morgan fingerprint density at radius 3 is 2.09 bits per heavy atom. The minimum absolute atomic E-state index is 0.705. The molecule has 11 heavy (non-hydrogen) atoms. The van der Waals surface area contributed by atoms with Gasteiger partial charge in [-0.3, -0.25) is 0 Å². The van der Waals surface area contributed by atoms with Crippen LogP contribution in [0, 0.1) is 5.92 Å². The number of hydrogen-bond acceptors (Lipinski definition) is 1. The maximum Gasteiger partial charge on any atom is 0.216 e. The van der Waals surface area contributed by atoms with Gasteiger partial charge in [0.1, 0.15) is 0 Å². The number of nitrogens with zero attached hydrogens (tertiary/aromatic N) is 1. The molecule has 0 rings (SSSR count). The highest BCUT2D eigenvalue weighted by atomic mass is 35.6. The quantitative estimate of drug-likeness (QED) is 0.490. The van der Waals surface area contributed by atoms with Gasteiger partial charge in [-0.05, 0) is 25.6 Å². The third kappa shape index (κ3) is 3.59. The lowest BCUT2D eigenvalue weighted by atomic mass is 10.1. The van der Waals surface area contributed by atoms with Gasteiger partial charge in [-0.2, -0.15) is 0 Å². The molecule has 0 fully saturated rings. The van der Waals surface area contributed by atoms with E-state index in [4.69, 9.17) is 11.1 Å². The van der Waals surface area contributed by atoms with Gasteiger partial charge in [0.2, 0.25) is 8.27 Å². The van der Waals surface area contributed by atoms with Crippen LogP contribution in [0.4, 0.5) is 0 Å². The van der Waals surface area contributed by atoms with Gasteiger partial charge in [0.05, 0.1) is 0 Å². The molecule has 0 aliphatic rings. The zero-order valence-corrected chi connectivity index (χ0v) is 10.2. The fourth-order valence-electron chi connectivity index (χ4n) is 1.11. The van der Waals surface area contributed by atoms with E-state index >= 15 is 0 Å². The molecule has 0 saturated carbocycles. The monoisotopic (exact) mass is 193 g/mol.